The fourth-order valence-electron chi connectivity index (χ4n) is 3.96. The third-order valence-electron chi connectivity index (χ3n) is 4.87. The highest BCUT2D eigenvalue weighted by Crippen LogP contribution is 2.37. The summed E-state index contributed by atoms with van der Waals surface area (Å²) >= 11 is 3.53. The minimum absolute atomic E-state index is 0.415. The molecule has 2 aliphatic rings. The van der Waals surface area contributed by atoms with E-state index in [9.17, 15) is 4.79 Å². The molecule has 0 radical (unpaired) electrons. The molecule has 2 aliphatic heterocycles. The van der Waals surface area contributed by atoms with Crippen molar-refractivity contribution in [2.45, 2.75) is 44.2 Å². The average molecular weight is 344 g/mol. The summed E-state index contributed by atoms with van der Waals surface area (Å²) in [6, 6.07) is 13.9. The molecule has 2 aromatic rings. The molecular formula is C18H18BrNO. The van der Waals surface area contributed by atoms with Crippen LogP contribution in [0.2, 0.25) is 0 Å². The highest BCUT2D eigenvalue weighted by Gasteiger charge is 2.37. The van der Waals surface area contributed by atoms with Crippen molar-refractivity contribution in [2.75, 3.05) is 4.90 Å². The van der Waals surface area contributed by atoms with Crippen LogP contribution in [-0.2, 0) is 4.79 Å². The number of benzene rings is 2. The number of anilines is 1. The number of fused-ring (bicyclic) bond motifs is 3. The molecule has 2 aromatic carbocycles. The number of Topliss-reactive ketones (excluding diaryl/α,β-unsaturated/α-hetero) is 1. The molecule has 4 rings (SSSR count). The number of hydrogen-bond acceptors (Lipinski definition) is 2. The van der Waals surface area contributed by atoms with Crippen molar-refractivity contribution in [1.82, 2.24) is 0 Å². The number of nitrogens with zero attached hydrogens (tertiary/aromatic N) is 1. The Bertz CT molecular complexity index is 695. The topological polar surface area (TPSA) is 20.3 Å². The van der Waals surface area contributed by atoms with Gasteiger partial charge in [-0.3, -0.25) is 4.79 Å². The zero-order chi connectivity index (χ0) is 14.4. The molecule has 2 saturated heterocycles. The quantitative estimate of drug-likeness (QED) is 0.748. The Morgan fingerprint density at radius 1 is 0.952 bits per heavy atom. The zero-order valence-corrected chi connectivity index (χ0v) is 13.5. The highest BCUT2D eigenvalue weighted by atomic mass is 79.9. The third-order valence-corrected chi connectivity index (χ3v) is 5.37. The Morgan fingerprint density at radius 2 is 1.62 bits per heavy atom. The number of carbonyl (C=O) groups is 1. The summed E-state index contributed by atoms with van der Waals surface area (Å²) < 4.78 is 1.11. The van der Waals surface area contributed by atoms with Crippen molar-refractivity contribution in [3.05, 3.63) is 40.9 Å². The summed E-state index contributed by atoms with van der Waals surface area (Å²) in [4.78, 5) is 14.4. The Morgan fingerprint density at radius 3 is 2.38 bits per heavy atom. The molecule has 2 atom stereocenters. The Balaban J connectivity index is 1.75. The van der Waals surface area contributed by atoms with Crippen molar-refractivity contribution in [2.24, 2.45) is 0 Å². The minimum Gasteiger partial charge on any atom is -0.365 e. The third kappa shape index (κ3) is 2.38. The van der Waals surface area contributed by atoms with Gasteiger partial charge in [-0.2, -0.15) is 0 Å². The maximum atomic E-state index is 11.9. The molecule has 2 unspecified atom stereocenters. The molecule has 0 aliphatic carbocycles. The summed E-state index contributed by atoms with van der Waals surface area (Å²) in [6.45, 7) is 0. The fraction of sp³-hybridized carbons (Fsp3) is 0.389. The Hall–Kier alpha value is -1.35. The number of rotatable bonds is 1. The molecule has 0 aromatic heterocycles. The van der Waals surface area contributed by atoms with Crippen LogP contribution < -0.4 is 4.90 Å². The van der Waals surface area contributed by atoms with Gasteiger partial charge in [0.15, 0.2) is 0 Å². The minimum atomic E-state index is 0.415. The van der Waals surface area contributed by atoms with Crippen LogP contribution in [0.4, 0.5) is 5.69 Å². The van der Waals surface area contributed by atoms with Gasteiger partial charge in [0.05, 0.1) is 0 Å². The molecule has 2 heterocycles. The standard InChI is InChI=1S/C18H18BrNO/c19-14-6-4-13-9-17(7-5-12(13)8-14)20-15-2-1-3-16(20)11-18(21)10-15/h4-9,15-16H,1-3,10-11H2. The number of hydrogen-bond donors (Lipinski definition) is 0. The monoisotopic (exact) mass is 343 g/mol. The molecule has 21 heavy (non-hydrogen) atoms. The lowest BCUT2D eigenvalue weighted by Gasteiger charge is -2.47. The largest absolute Gasteiger partial charge is 0.365 e. The predicted octanol–water partition coefficient (Wildman–Crippen LogP) is 4.69. The molecule has 0 saturated carbocycles. The van der Waals surface area contributed by atoms with Crippen LogP contribution in [0.25, 0.3) is 10.8 Å². The van der Waals surface area contributed by atoms with Crippen molar-refractivity contribution in [1.29, 1.82) is 0 Å². The van der Waals surface area contributed by atoms with Gasteiger partial charge in [0.1, 0.15) is 5.78 Å². The van der Waals surface area contributed by atoms with Crippen molar-refractivity contribution >= 4 is 38.2 Å². The zero-order valence-electron chi connectivity index (χ0n) is 11.9. The Kier molecular flexibility index (Phi) is 3.26. The number of halogens is 1. The normalized spacial score (nSPS) is 25.4. The van der Waals surface area contributed by atoms with Crippen LogP contribution in [0.3, 0.4) is 0 Å². The number of piperidine rings is 2. The van der Waals surface area contributed by atoms with Gasteiger partial charge in [-0.05, 0) is 54.3 Å². The van der Waals surface area contributed by atoms with E-state index in [0.717, 1.165) is 30.2 Å². The number of ketones is 1. The second-order valence-corrected chi connectivity index (χ2v) is 7.18. The van der Waals surface area contributed by atoms with Gasteiger partial charge in [-0.1, -0.05) is 28.1 Å². The van der Waals surface area contributed by atoms with E-state index in [0.29, 0.717) is 17.9 Å². The van der Waals surface area contributed by atoms with E-state index in [1.165, 1.54) is 22.9 Å². The Labute approximate surface area is 133 Å². The highest BCUT2D eigenvalue weighted by molar-refractivity contribution is 9.10. The fourth-order valence-corrected chi connectivity index (χ4v) is 4.34. The van der Waals surface area contributed by atoms with E-state index in [1.54, 1.807) is 0 Å². The summed E-state index contributed by atoms with van der Waals surface area (Å²) in [7, 11) is 0. The summed E-state index contributed by atoms with van der Waals surface area (Å²) in [5, 5.41) is 2.53. The first-order chi connectivity index (χ1) is 10.2. The molecule has 0 amide bonds. The van der Waals surface area contributed by atoms with Crippen molar-refractivity contribution < 1.29 is 4.79 Å². The maximum absolute atomic E-state index is 11.9. The first-order valence-electron chi connectivity index (χ1n) is 7.70. The SMILES string of the molecule is O=C1CC2CCCC(C1)N2c1ccc2cc(Br)ccc2c1. The van der Waals surface area contributed by atoms with E-state index in [1.807, 2.05) is 0 Å². The first-order valence-corrected chi connectivity index (χ1v) is 8.49. The maximum Gasteiger partial charge on any atom is 0.137 e. The smallest absolute Gasteiger partial charge is 0.137 e. The van der Waals surface area contributed by atoms with Gasteiger partial charge in [0, 0.05) is 35.1 Å². The second kappa shape index (κ2) is 5.13. The average Bonchev–Trinajstić information content (AvgIpc) is 2.46. The van der Waals surface area contributed by atoms with Gasteiger partial charge < -0.3 is 4.90 Å². The van der Waals surface area contributed by atoms with Crippen LogP contribution >= 0.6 is 15.9 Å². The van der Waals surface area contributed by atoms with E-state index in [-0.39, 0.29) is 0 Å². The van der Waals surface area contributed by atoms with Crippen LogP contribution in [0, 0.1) is 0 Å². The van der Waals surface area contributed by atoms with Crippen LogP contribution in [0.15, 0.2) is 40.9 Å². The van der Waals surface area contributed by atoms with E-state index in [2.05, 4.69) is 57.2 Å². The van der Waals surface area contributed by atoms with Gasteiger partial charge in [0.2, 0.25) is 0 Å². The summed E-state index contributed by atoms with van der Waals surface area (Å²) in [5.41, 5.74) is 1.28. The van der Waals surface area contributed by atoms with Gasteiger partial charge in [-0.15, -0.1) is 0 Å². The molecule has 0 spiro atoms. The summed E-state index contributed by atoms with van der Waals surface area (Å²) in [5.74, 6) is 0.450. The first kappa shape index (κ1) is 13.3. The van der Waals surface area contributed by atoms with Crippen molar-refractivity contribution in [3.63, 3.8) is 0 Å². The molecule has 2 nitrogen and oxygen atoms in total. The molecule has 3 heteroatoms. The van der Waals surface area contributed by atoms with E-state index < -0.39 is 0 Å². The molecule has 2 bridgehead atoms. The van der Waals surface area contributed by atoms with Crippen LogP contribution in [0.1, 0.15) is 32.1 Å². The lowest BCUT2D eigenvalue weighted by Crippen LogP contribution is -2.52. The number of carbonyl (C=O) groups excluding carboxylic acids is 1. The van der Waals surface area contributed by atoms with Gasteiger partial charge in [-0.25, -0.2) is 0 Å². The van der Waals surface area contributed by atoms with Crippen LogP contribution in [0.5, 0.6) is 0 Å². The lowest BCUT2D eigenvalue weighted by molar-refractivity contribution is -0.121. The molecular weight excluding hydrogens is 326 g/mol. The lowest BCUT2D eigenvalue weighted by atomic mass is 9.83. The van der Waals surface area contributed by atoms with Gasteiger partial charge in [0.25, 0.3) is 0 Å². The van der Waals surface area contributed by atoms with Crippen molar-refractivity contribution in [3.8, 4) is 0 Å². The summed E-state index contributed by atoms with van der Waals surface area (Å²) in [6.07, 6.45) is 5.03. The molecule has 108 valence electrons. The van der Waals surface area contributed by atoms with Gasteiger partial charge >= 0.3 is 0 Å². The molecule has 0 N–H and O–H groups in total. The van der Waals surface area contributed by atoms with E-state index in [4.69, 9.17) is 0 Å². The molecule has 2 fully saturated rings. The van der Waals surface area contributed by atoms with Crippen LogP contribution in [-0.4, -0.2) is 17.9 Å². The predicted molar refractivity (Wildman–Crippen MR) is 89.8 cm³/mol. The van der Waals surface area contributed by atoms with E-state index >= 15 is 0 Å². The second-order valence-electron chi connectivity index (χ2n) is 6.27.